The first kappa shape index (κ1) is 21.9. The second-order valence-corrected chi connectivity index (χ2v) is 8.39. The number of ether oxygens (including phenoxy) is 2. The van der Waals surface area contributed by atoms with Crippen LogP contribution in [0.3, 0.4) is 0 Å². The fraction of sp³-hybridized carbons (Fsp3) is 0.682. The number of hydrogen-bond acceptors (Lipinski definition) is 5. The molecule has 0 aromatic heterocycles. The maximum Gasteiger partial charge on any atom is 0.311 e. The van der Waals surface area contributed by atoms with Gasteiger partial charge >= 0.3 is 5.97 Å². The van der Waals surface area contributed by atoms with E-state index in [0.29, 0.717) is 12.6 Å². The van der Waals surface area contributed by atoms with Crippen molar-refractivity contribution >= 4 is 5.97 Å². The van der Waals surface area contributed by atoms with Gasteiger partial charge in [0.1, 0.15) is 5.60 Å². The number of hydrogen-bond donors (Lipinski definition) is 1. The SMILES string of the molecule is CCC[C@H](C(=O)OC(C)(C)C)[C@@H](NN1CCC[C@H]1COC)c1ccccc1. The first-order chi connectivity index (χ1) is 12.9. The zero-order valence-corrected chi connectivity index (χ0v) is 17.5. The Kier molecular flexibility index (Phi) is 8.27. The third kappa shape index (κ3) is 6.59. The van der Waals surface area contributed by atoms with Gasteiger partial charge in [-0.15, -0.1) is 0 Å². The summed E-state index contributed by atoms with van der Waals surface area (Å²) in [5, 5.41) is 2.26. The molecule has 5 heteroatoms. The van der Waals surface area contributed by atoms with Crippen LogP contribution in [0.2, 0.25) is 0 Å². The van der Waals surface area contributed by atoms with Crippen LogP contribution in [0.25, 0.3) is 0 Å². The molecule has 5 nitrogen and oxygen atoms in total. The molecular weight excluding hydrogens is 340 g/mol. The predicted molar refractivity (Wildman–Crippen MR) is 108 cm³/mol. The number of methoxy groups -OCH3 is 1. The molecule has 0 saturated carbocycles. The van der Waals surface area contributed by atoms with Crippen LogP contribution in [0.15, 0.2) is 30.3 Å². The van der Waals surface area contributed by atoms with Crippen molar-refractivity contribution < 1.29 is 14.3 Å². The minimum Gasteiger partial charge on any atom is -0.460 e. The van der Waals surface area contributed by atoms with Gasteiger partial charge in [-0.05, 0) is 45.6 Å². The van der Waals surface area contributed by atoms with Gasteiger partial charge in [0.15, 0.2) is 0 Å². The number of carbonyl (C=O) groups is 1. The van der Waals surface area contributed by atoms with Crippen molar-refractivity contribution in [2.75, 3.05) is 20.3 Å². The summed E-state index contributed by atoms with van der Waals surface area (Å²) in [5.41, 5.74) is 4.30. The van der Waals surface area contributed by atoms with Crippen LogP contribution < -0.4 is 5.43 Å². The van der Waals surface area contributed by atoms with Crippen molar-refractivity contribution in [3.8, 4) is 0 Å². The molecule has 0 spiro atoms. The highest BCUT2D eigenvalue weighted by molar-refractivity contribution is 5.74. The molecule has 1 heterocycles. The van der Waals surface area contributed by atoms with Gasteiger partial charge < -0.3 is 9.47 Å². The molecule has 0 aliphatic carbocycles. The number of benzene rings is 1. The molecule has 2 rings (SSSR count). The van der Waals surface area contributed by atoms with E-state index in [1.807, 2.05) is 39.0 Å². The number of nitrogens with zero attached hydrogens (tertiary/aromatic N) is 1. The highest BCUT2D eigenvalue weighted by Gasteiger charge is 2.35. The van der Waals surface area contributed by atoms with E-state index in [4.69, 9.17) is 9.47 Å². The Labute approximate surface area is 164 Å². The van der Waals surface area contributed by atoms with Crippen molar-refractivity contribution in [1.82, 2.24) is 10.4 Å². The van der Waals surface area contributed by atoms with Gasteiger partial charge in [-0.2, -0.15) is 0 Å². The fourth-order valence-corrected chi connectivity index (χ4v) is 3.72. The lowest BCUT2D eigenvalue weighted by Crippen LogP contribution is -2.49. The summed E-state index contributed by atoms with van der Waals surface area (Å²) in [6.07, 6.45) is 3.95. The highest BCUT2D eigenvalue weighted by Crippen LogP contribution is 2.30. The molecular formula is C22H36N2O3. The van der Waals surface area contributed by atoms with Gasteiger partial charge in [0.2, 0.25) is 0 Å². The lowest BCUT2D eigenvalue weighted by molar-refractivity contribution is -0.162. The summed E-state index contributed by atoms with van der Waals surface area (Å²) in [6.45, 7) is 9.54. The molecule has 0 bridgehead atoms. The van der Waals surface area contributed by atoms with Gasteiger partial charge in [0.05, 0.1) is 18.6 Å². The average molecular weight is 377 g/mol. The van der Waals surface area contributed by atoms with E-state index < -0.39 is 5.60 Å². The van der Waals surface area contributed by atoms with Crippen molar-refractivity contribution in [1.29, 1.82) is 0 Å². The minimum absolute atomic E-state index is 0.113. The lowest BCUT2D eigenvalue weighted by Gasteiger charge is -2.35. The molecule has 1 saturated heterocycles. The molecule has 0 radical (unpaired) electrons. The van der Waals surface area contributed by atoms with E-state index in [9.17, 15) is 4.79 Å². The molecule has 27 heavy (non-hydrogen) atoms. The van der Waals surface area contributed by atoms with E-state index in [1.165, 1.54) is 0 Å². The van der Waals surface area contributed by atoms with Crippen LogP contribution in [0.4, 0.5) is 0 Å². The van der Waals surface area contributed by atoms with Crippen molar-refractivity contribution in [3.63, 3.8) is 0 Å². The van der Waals surface area contributed by atoms with Crippen LogP contribution >= 0.6 is 0 Å². The van der Waals surface area contributed by atoms with Crippen molar-refractivity contribution in [3.05, 3.63) is 35.9 Å². The number of rotatable bonds is 9. The summed E-state index contributed by atoms with van der Waals surface area (Å²) in [7, 11) is 1.74. The zero-order valence-electron chi connectivity index (χ0n) is 17.5. The van der Waals surface area contributed by atoms with Gasteiger partial charge in [0.25, 0.3) is 0 Å². The normalized spacial score (nSPS) is 20.4. The topological polar surface area (TPSA) is 50.8 Å². The average Bonchev–Trinajstić information content (AvgIpc) is 3.04. The van der Waals surface area contributed by atoms with E-state index >= 15 is 0 Å². The third-order valence-corrected chi connectivity index (χ3v) is 4.91. The van der Waals surface area contributed by atoms with Gasteiger partial charge in [-0.3, -0.25) is 4.79 Å². The molecule has 1 aliphatic heterocycles. The van der Waals surface area contributed by atoms with Gasteiger partial charge in [-0.25, -0.2) is 10.4 Å². The second-order valence-electron chi connectivity index (χ2n) is 8.39. The second kappa shape index (κ2) is 10.2. The minimum atomic E-state index is -0.490. The van der Waals surface area contributed by atoms with E-state index in [2.05, 4.69) is 29.5 Å². The van der Waals surface area contributed by atoms with Crippen LogP contribution in [0.1, 0.15) is 65.0 Å². The molecule has 1 aliphatic rings. The first-order valence-corrected chi connectivity index (χ1v) is 10.1. The fourth-order valence-electron chi connectivity index (χ4n) is 3.72. The molecule has 1 N–H and O–H groups in total. The first-order valence-electron chi connectivity index (χ1n) is 10.1. The van der Waals surface area contributed by atoms with Crippen LogP contribution in [0, 0.1) is 5.92 Å². The number of hydrazine groups is 1. The highest BCUT2D eigenvalue weighted by atomic mass is 16.6. The van der Waals surface area contributed by atoms with Crippen LogP contribution in [0.5, 0.6) is 0 Å². The maximum absolute atomic E-state index is 13.0. The summed E-state index contributed by atoms with van der Waals surface area (Å²) in [4.78, 5) is 13.0. The Balaban J connectivity index is 2.27. The molecule has 0 unspecified atom stereocenters. The molecule has 1 aromatic carbocycles. The van der Waals surface area contributed by atoms with E-state index in [-0.39, 0.29) is 17.9 Å². The van der Waals surface area contributed by atoms with Gasteiger partial charge in [-0.1, -0.05) is 43.7 Å². The van der Waals surface area contributed by atoms with E-state index in [0.717, 1.165) is 37.8 Å². The summed E-state index contributed by atoms with van der Waals surface area (Å²) < 4.78 is 11.2. The number of esters is 1. The standard InChI is InChI=1S/C22H36N2O3/c1-6-11-19(21(25)27-22(2,3)4)20(17-12-8-7-9-13-17)23-24-15-10-14-18(24)16-26-5/h7-9,12-13,18-20,23H,6,10-11,14-16H2,1-5H3/t18-,19-,20-/m0/s1. The quantitative estimate of drug-likeness (QED) is 0.658. The summed E-state index contributed by atoms with van der Waals surface area (Å²) in [6, 6.07) is 10.5. The predicted octanol–water partition coefficient (Wildman–Crippen LogP) is 4.10. The molecule has 152 valence electrons. The Morgan fingerprint density at radius 2 is 2.00 bits per heavy atom. The molecule has 1 fully saturated rings. The van der Waals surface area contributed by atoms with Crippen molar-refractivity contribution in [2.45, 2.75) is 71.1 Å². The lowest BCUT2D eigenvalue weighted by atomic mass is 9.89. The Hall–Kier alpha value is -1.43. The molecule has 3 atom stereocenters. The summed E-state index contributed by atoms with van der Waals surface area (Å²) >= 11 is 0. The van der Waals surface area contributed by atoms with E-state index in [1.54, 1.807) is 7.11 Å². The summed E-state index contributed by atoms with van der Waals surface area (Å²) in [5.74, 6) is -0.367. The van der Waals surface area contributed by atoms with Crippen LogP contribution in [-0.2, 0) is 14.3 Å². The maximum atomic E-state index is 13.0. The molecule has 0 amide bonds. The van der Waals surface area contributed by atoms with Crippen LogP contribution in [-0.4, -0.2) is 42.9 Å². The largest absolute Gasteiger partial charge is 0.460 e. The Bertz CT molecular complexity index is 571. The smallest absolute Gasteiger partial charge is 0.311 e. The Morgan fingerprint density at radius 3 is 2.59 bits per heavy atom. The van der Waals surface area contributed by atoms with Crippen molar-refractivity contribution in [2.24, 2.45) is 5.92 Å². The third-order valence-electron chi connectivity index (χ3n) is 4.91. The Morgan fingerprint density at radius 1 is 1.30 bits per heavy atom. The zero-order chi connectivity index (χ0) is 19.9. The van der Waals surface area contributed by atoms with Gasteiger partial charge in [0, 0.05) is 19.7 Å². The monoisotopic (exact) mass is 376 g/mol. The number of carbonyl (C=O) groups excluding carboxylic acids is 1. The molecule has 1 aromatic rings. The number of nitrogens with one attached hydrogen (secondary N) is 1.